The molecule has 0 aliphatic carbocycles. The van der Waals surface area contributed by atoms with Crippen molar-refractivity contribution < 1.29 is 14.6 Å². The summed E-state index contributed by atoms with van der Waals surface area (Å²) in [5, 5.41) is 14.9. The van der Waals surface area contributed by atoms with Crippen LogP contribution >= 0.6 is 11.3 Å². The fraction of sp³-hybridized carbons (Fsp3) is 0.222. The molecule has 0 fully saturated rings. The van der Waals surface area contributed by atoms with Crippen LogP contribution in [-0.4, -0.2) is 22.2 Å². The number of carbonyl (C=O) groups is 1. The van der Waals surface area contributed by atoms with Crippen LogP contribution in [0.4, 0.5) is 5.69 Å². The van der Waals surface area contributed by atoms with Gasteiger partial charge in [0.1, 0.15) is 11.3 Å². The van der Waals surface area contributed by atoms with Crippen LogP contribution < -0.4 is 15.6 Å². The summed E-state index contributed by atoms with van der Waals surface area (Å²) in [6.07, 6.45) is 0. The number of amides is 1. The lowest BCUT2D eigenvalue weighted by Crippen LogP contribution is -2.29. The smallest absolute Gasteiger partial charge is 0.267 e. The van der Waals surface area contributed by atoms with E-state index in [9.17, 15) is 14.7 Å². The molecular formula is C18H18N2O4S. The number of anilines is 1. The number of carbonyl (C=O) groups excluding carboxylic acids is 1. The SMILES string of the molecule is CCOc1ccc(NC(=O)c2c(O)c3sccc3n(CC)c2=O)cc1. The Morgan fingerprint density at radius 1 is 1.24 bits per heavy atom. The summed E-state index contributed by atoms with van der Waals surface area (Å²) in [6, 6.07) is 8.58. The molecule has 3 aromatic rings. The Balaban J connectivity index is 1.98. The second-order valence-electron chi connectivity index (χ2n) is 5.32. The third-order valence-corrected chi connectivity index (χ3v) is 4.72. The van der Waals surface area contributed by atoms with E-state index in [0.717, 1.165) is 0 Å². The number of benzene rings is 1. The molecule has 2 heterocycles. The number of pyridine rings is 1. The first kappa shape index (κ1) is 17.0. The van der Waals surface area contributed by atoms with Crippen LogP contribution in [0.15, 0.2) is 40.5 Å². The molecule has 0 bridgehead atoms. The molecule has 7 heteroatoms. The van der Waals surface area contributed by atoms with Gasteiger partial charge in [-0.15, -0.1) is 11.3 Å². The summed E-state index contributed by atoms with van der Waals surface area (Å²) in [5.41, 5.74) is 0.397. The Kier molecular flexibility index (Phi) is 4.76. The van der Waals surface area contributed by atoms with E-state index < -0.39 is 11.5 Å². The van der Waals surface area contributed by atoms with E-state index in [0.29, 0.717) is 34.8 Å². The maximum absolute atomic E-state index is 12.6. The molecule has 2 N–H and O–H groups in total. The fourth-order valence-electron chi connectivity index (χ4n) is 2.66. The minimum absolute atomic E-state index is 0.245. The van der Waals surface area contributed by atoms with Crippen LogP contribution in [0.2, 0.25) is 0 Å². The Morgan fingerprint density at radius 2 is 1.96 bits per heavy atom. The maximum Gasteiger partial charge on any atom is 0.267 e. The number of fused-ring (bicyclic) bond motifs is 1. The van der Waals surface area contributed by atoms with Gasteiger partial charge in [-0.25, -0.2) is 0 Å². The van der Waals surface area contributed by atoms with Gasteiger partial charge in [0.2, 0.25) is 0 Å². The highest BCUT2D eigenvalue weighted by Crippen LogP contribution is 2.31. The summed E-state index contributed by atoms with van der Waals surface area (Å²) in [4.78, 5) is 25.2. The van der Waals surface area contributed by atoms with Crippen LogP contribution in [0, 0.1) is 0 Å². The minimum Gasteiger partial charge on any atom is -0.505 e. The number of hydrogen-bond acceptors (Lipinski definition) is 5. The molecule has 0 radical (unpaired) electrons. The second kappa shape index (κ2) is 6.98. The Bertz CT molecular complexity index is 973. The topological polar surface area (TPSA) is 80.6 Å². The number of aromatic nitrogens is 1. The molecule has 0 aliphatic rings. The van der Waals surface area contributed by atoms with Gasteiger partial charge in [0.15, 0.2) is 5.75 Å². The van der Waals surface area contributed by atoms with Gasteiger partial charge < -0.3 is 19.7 Å². The average molecular weight is 358 g/mol. The molecule has 0 atom stereocenters. The third kappa shape index (κ3) is 3.10. The summed E-state index contributed by atoms with van der Waals surface area (Å²) >= 11 is 1.29. The fourth-order valence-corrected chi connectivity index (χ4v) is 3.51. The number of hydrogen-bond donors (Lipinski definition) is 2. The van der Waals surface area contributed by atoms with Crippen molar-refractivity contribution >= 4 is 33.1 Å². The molecule has 1 amide bonds. The van der Waals surface area contributed by atoms with Crippen LogP contribution in [0.3, 0.4) is 0 Å². The predicted molar refractivity (Wildman–Crippen MR) is 99.0 cm³/mol. The van der Waals surface area contributed by atoms with Gasteiger partial charge in [0.05, 0.1) is 16.8 Å². The Labute approximate surface area is 148 Å². The third-order valence-electron chi connectivity index (χ3n) is 3.81. The van der Waals surface area contributed by atoms with Crippen LogP contribution in [0.1, 0.15) is 24.2 Å². The van der Waals surface area contributed by atoms with E-state index in [1.54, 1.807) is 35.7 Å². The molecule has 0 saturated carbocycles. The van der Waals surface area contributed by atoms with Crippen molar-refractivity contribution in [2.24, 2.45) is 0 Å². The summed E-state index contributed by atoms with van der Waals surface area (Å²) in [7, 11) is 0. The van der Waals surface area contributed by atoms with Gasteiger partial charge in [-0.1, -0.05) is 0 Å². The highest BCUT2D eigenvalue weighted by Gasteiger charge is 2.22. The zero-order valence-electron chi connectivity index (χ0n) is 13.9. The normalized spacial score (nSPS) is 10.8. The van der Waals surface area contributed by atoms with Gasteiger partial charge in [-0.05, 0) is 49.6 Å². The van der Waals surface area contributed by atoms with E-state index >= 15 is 0 Å². The summed E-state index contributed by atoms with van der Waals surface area (Å²) in [6.45, 7) is 4.67. The minimum atomic E-state index is -0.635. The van der Waals surface area contributed by atoms with Crippen molar-refractivity contribution in [3.05, 3.63) is 51.6 Å². The summed E-state index contributed by atoms with van der Waals surface area (Å²) < 4.78 is 7.36. The average Bonchev–Trinajstić information content (AvgIpc) is 3.07. The van der Waals surface area contributed by atoms with Crippen molar-refractivity contribution in [1.82, 2.24) is 4.57 Å². The van der Waals surface area contributed by atoms with Crippen LogP contribution in [-0.2, 0) is 6.54 Å². The standard InChI is InChI=1S/C18H18N2O4S/c1-3-20-13-9-10-25-16(13)15(21)14(18(20)23)17(22)19-11-5-7-12(8-6-11)24-4-2/h5-10,21H,3-4H2,1-2H3,(H,19,22). The van der Waals surface area contributed by atoms with Crippen molar-refractivity contribution in [3.8, 4) is 11.5 Å². The quantitative estimate of drug-likeness (QED) is 0.732. The van der Waals surface area contributed by atoms with Crippen LogP contribution in [0.5, 0.6) is 11.5 Å². The first-order valence-corrected chi connectivity index (χ1v) is 8.82. The highest BCUT2D eigenvalue weighted by molar-refractivity contribution is 7.17. The lowest BCUT2D eigenvalue weighted by Gasteiger charge is -2.11. The summed E-state index contributed by atoms with van der Waals surface area (Å²) in [5.74, 6) is -0.219. The second-order valence-corrected chi connectivity index (χ2v) is 6.24. The molecule has 25 heavy (non-hydrogen) atoms. The first-order valence-electron chi connectivity index (χ1n) is 7.94. The van der Waals surface area contributed by atoms with E-state index in [2.05, 4.69) is 5.32 Å². The molecule has 0 saturated heterocycles. The van der Waals surface area contributed by atoms with E-state index in [4.69, 9.17) is 4.74 Å². The number of aromatic hydroxyl groups is 1. The molecule has 2 aromatic heterocycles. The molecule has 0 spiro atoms. The number of aryl methyl sites for hydroxylation is 1. The molecule has 130 valence electrons. The monoisotopic (exact) mass is 358 g/mol. The van der Waals surface area contributed by atoms with E-state index in [-0.39, 0.29) is 11.3 Å². The number of ether oxygens (including phenoxy) is 1. The number of nitrogens with one attached hydrogen (secondary N) is 1. The molecule has 0 unspecified atom stereocenters. The van der Waals surface area contributed by atoms with E-state index in [1.165, 1.54) is 15.9 Å². The van der Waals surface area contributed by atoms with Gasteiger partial charge in [0.25, 0.3) is 11.5 Å². The number of nitrogens with zero attached hydrogens (tertiary/aromatic N) is 1. The van der Waals surface area contributed by atoms with Gasteiger partial charge >= 0.3 is 0 Å². The zero-order valence-corrected chi connectivity index (χ0v) is 14.7. The molecule has 0 aliphatic heterocycles. The van der Waals surface area contributed by atoms with Crippen LogP contribution in [0.25, 0.3) is 10.2 Å². The Hall–Kier alpha value is -2.80. The lowest BCUT2D eigenvalue weighted by atomic mass is 10.2. The van der Waals surface area contributed by atoms with Crippen molar-refractivity contribution in [2.75, 3.05) is 11.9 Å². The van der Waals surface area contributed by atoms with E-state index in [1.807, 2.05) is 13.8 Å². The highest BCUT2D eigenvalue weighted by atomic mass is 32.1. The van der Waals surface area contributed by atoms with Gasteiger partial charge in [-0.2, -0.15) is 0 Å². The number of thiophene rings is 1. The number of rotatable bonds is 5. The molecule has 6 nitrogen and oxygen atoms in total. The maximum atomic E-state index is 12.6. The Morgan fingerprint density at radius 3 is 2.60 bits per heavy atom. The zero-order chi connectivity index (χ0) is 18.0. The van der Waals surface area contributed by atoms with Gasteiger partial charge in [-0.3, -0.25) is 9.59 Å². The molecular weight excluding hydrogens is 340 g/mol. The first-order chi connectivity index (χ1) is 12.1. The van der Waals surface area contributed by atoms with Crippen molar-refractivity contribution in [2.45, 2.75) is 20.4 Å². The van der Waals surface area contributed by atoms with Gasteiger partial charge in [0, 0.05) is 12.2 Å². The largest absolute Gasteiger partial charge is 0.505 e. The molecule has 1 aromatic carbocycles. The van der Waals surface area contributed by atoms with Crippen molar-refractivity contribution in [3.63, 3.8) is 0 Å². The van der Waals surface area contributed by atoms with Crippen molar-refractivity contribution in [1.29, 1.82) is 0 Å². The molecule has 3 rings (SSSR count). The lowest BCUT2D eigenvalue weighted by molar-refractivity contribution is 0.102. The predicted octanol–water partition coefficient (Wildman–Crippen LogP) is 3.44.